The van der Waals surface area contributed by atoms with Crippen LogP contribution in [-0.2, 0) is 5.54 Å². The second-order valence-corrected chi connectivity index (χ2v) is 9.01. The molecular weight excluding hydrogens is 373 g/mol. The summed E-state index contributed by atoms with van der Waals surface area (Å²) in [5, 5.41) is 1.57. The zero-order valence-corrected chi connectivity index (χ0v) is 18.0. The molecule has 0 amide bonds. The van der Waals surface area contributed by atoms with E-state index >= 15 is 0 Å². The number of hydrogen-bond acceptors (Lipinski definition) is 1. The van der Waals surface area contributed by atoms with Gasteiger partial charge < -0.3 is 0 Å². The lowest BCUT2D eigenvalue weighted by Crippen LogP contribution is -2.57. The average molecular weight is 402 g/mol. The number of piperidine rings is 1. The van der Waals surface area contributed by atoms with Crippen molar-refractivity contribution in [3.8, 4) is 0 Å². The average Bonchev–Trinajstić information content (AvgIpc) is 2.63. The maximum Gasteiger partial charge on any atom is 0.0503 e. The van der Waals surface area contributed by atoms with Crippen LogP contribution in [0.2, 0.25) is 10.0 Å². The van der Waals surface area contributed by atoms with Crippen LogP contribution in [0.4, 0.5) is 0 Å². The van der Waals surface area contributed by atoms with Gasteiger partial charge in [0.1, 0.15) is 0 Å². The minimum Gasteiger partial charge on any atom is -0.291 e. The molecule has 2 aromatic carbocycles. The van der Waals surface area contributed by atoms with Gasteiger partial charge in [-0.3, -0.25) is 4.90 Å². The first kappa shape index (κ1) is 20.5. The summed E-state index contributed by atoms with van der Waals surface area (Å²) >= 11 is 12.6. The fourth-order valence-electron chi connectivity index (χ4n) is 4.80. The summed E-state index contributed by atoms with van der Waals surface area (Å²) in [6, 6.07) is 17.2. The predicted molar refractivity (Wildman–Crippen MR) is 118 cm³/mol. The standard InChI is InChI=1S/C24H29Cl2N/c1-5-7-18-14-23(19-8-6-9-22(26)15-19)24(4,27(16-18)17(2)3)20-10-12-21(25)13-11-20/h5-6,8-13,15,17-18,23H,1,7,14,16H2,2-4H3/t18-,23-,24-/m1/s1. The van der Waals surface area contributed by atoms with Crippen LogP contribution < -0.4 is 0 Å². The third-order valence-electron chi connectivity index (χ3n) is 6.10. The fourth-order valence-corrected chi connectivity index (χ4v) is 5.12. The molecule has 0 bridgehead atoms. The molecule has 1 saturated heterocycles. The third-order valence-corrected chi connectivity index (χ3v) is 6.59. The molecule has 2 aromatic rings. The van der Waals surface area contributed by atoms with Crippen LogP contribution in [0, 0.1) is 5.92 Å². The molecule has 27 heavy (non-hydrogen) atoms. The lowest BCUT2D eigenvalue weighted by molar-refractivity contribution is -0.0157. The van der Waals surface area contributed by atoms with Crippen molar-refractivity contribution in [2.24, 2.45) is 5.92 Å². The Labute approximate surface area is 174 Å². The molecule has 1 heterocycles. The summed E-state index contributed by atoms with van der Waals surface area (Å²) < 4.78 is 0. The van der Waals surface area contributed by atoms with Gasteiger partial charge in [0.2, 0.25) is 0 Å². The lowest BCUT2D eigenvalue weighted by atomic mass is 9.66. The Bertz CT molecular complexity index is 783. The number of allylic oxidation sites excluding steroid dienone is 1. The minimum absolute atomic E-state index is 0.124. The van der Waals surface area contributed by atoms with Crippen LogP contribution >= 0.6 is 23.2 Å². The van der Waals surface area contributed by atoms with Crippen LogP contribution in [0.25, 0.3) is 0 Å². The van der Waals surface area contributed by atoms with Crippen molar-refractivity contribution in [3.05, 3.63) is 82.4 Å². The van der Waals surface area contributed by atoms with Crippen LogP contribution in [-0.4, -0.2) is 17.5 Å². The SMILES string of the molecule is C=CC[C@@H]1C[C@H](c2cccc(Cl)c2)[C@@](C)(c2ccc(Cl)cc2)N(C(C)C)C1. The van der Waals surface area contributed by atoms with E-state index in [0.717, 1.165) is 29.4 Å². The number of nitrogens with zero attached hydrogens (tertiary/aromatic N) is 1. The van der Waals surface area contributed by atoms with E-state index in [9.17, 15) is 0 Å². The zero-order valence-electron chi connectivity index (χ0n) is 16.5. The topological polar surface area (TPSA) is 3.24 Å². The minimum atomic E-state index is -0.124. The monoisotopic (exact) mass is 401 g/mol. The normalized spacial score (nSPS) is 26.3. The molecule has 0 aromatic heterocycles. The molecule has 1 aliphatic heterocycles. The van der Waals surface area contributed by atoms with E-state index in [0.29, 0.717) is 17.9 Å². The molecule has 0 N–H and O–H groups in total. The van der Waals surface area contributed by atoms with Crippen LogP contribution in [0.15, 0.2) is 61.2 Å². The second-order valence-electron chi connectivity index (χ2n) is 8.13. The van der Waals surface area contributed by atoms with Gasteiger partial charge in [-0.15, -0.1) is 6.58 Å². The summed E-state index contributed by atoms with van der Waals surface area (Å²) in [7, 11) is 0. The van der Waals surface area contributed by atoms with Gasteiger partial charge in [-0.1, -0.05) is 53.5 Å². The van der Waals surface area contributed by atoms with Gasteiger partial charge in [0.05, 0.1) is 5.54 Å². The highest BCUT2D eigenvalue weighted by Crippen LogP contribution is 2.50. The van der Waals surface area contributed by atoms with E-state index in [1.165, 1.54) is 11.1 Å². The van der Waals surface area contributed by atoms with Gasteiger partial charge in [0, 0.05) is 28.5 Å². The van der Waals surface area contributed by atoms with Crippen LogP contribution in [0.5, 0.6) is 0 Å². The summed E-state index contributed by atoms with van der Waals surface area (Å²) in [6.07, 6.45) is 4.22. The number of rotatable bonds is 5. The molecule has 1 nitrogen and oxygen atoms in total. The highest BCUT2D eigenvalue weighted by Gasteiger charge is 2.47. The van der Waals surface area contributed by atoms with E-state index in [1.54, 1.807) is 0 Å². The Morgan fingerprint density at radius 3 is 2.44 bits per heavy atom. The van der Waals surface area contributed by atoms with Gasteiger partial charge in [-0.05, 0) is 74.9 Å². The quantitative estimate of drug-likeness (QED) is 0.474. The highest BCUT2D eigenvalue weighted by atomic mass is 35.5. The Balaban J connectivity index is 2.15. The second kappa shape index (κ2) is 8.39. The first-order chi connectivity index (χ1) is 12.9. The van der Waals surface area contributed by atoms with E-state index in [1.807, 2.05) is 18.2 Å². The predicted octanol–water partition coefficient (Wildman–Crippen LogP) is 7.30. The van der Waals surface area contributed by atoms with E-state index in [2.05, 4.69) is 68.7 Å². The lowest BCUT2D eigenvalue weighted by Gasteiger charge is -2.55. The molecule has 1 fully saturated rings. The maximum absolute atomic E-state index is 6.37. The Morgan fingerprint density at radius 1 is 1.15 bits per heavy atom. The number of halogens is 2. The molecule has 0 saturated carbocycles. The van der Waals surface area contributed by atoms with Crippen LogP contribution in [0.1, 0.15) is 50.7 Å². The van der Waals surface area contributed by atoms with Crippen molar-refractivity contribution in [1.29, 1.82) is 0 Å². The number of likely N-dealkylation sites (tertiary alicyclic amines) is 1. The van der Waals surface area contributed by atoms with E-state index in [4.69, 9.17) is 23.2 Å². The maximum atomic E-state index is 6.37. The van der Waals surface area contributed by atoms with Gasteiger partial charge >= 0.3 is 0 Å². The summed E-state index contributed by atoms with van der Waals surface area (Å²) in [5.41, 5.74) is 2.49. The van der Waals surface area contributed by atoms with Crippen molar-refractivity contribution in [3.63, 3.8) is 0 Å². The van der Waals surface area contributed by atoms with Crippen molar-refractivity contribution in [1.82, 2.24) is 4.90 Å². The Kier molecular flexibility index (Phi) is 6.35. The van der Waals surface area contributed by atoms with E-state index in [-0.39, 0.29) is 5.54 Å². The molecule has 1 aliphatic rings. The molecule has 0 unspecified atom stereocenters. The van der Waals surface area contributed by atoms with Gasteiger partial charge in [0.25, 0.3) is 0 Å². The first-order valence-corrected chi connectivity index (χ1v) is 10.5. The Morgan fingerprint density at radius 2 is 1.85 bits per heavy atom. The molecule has 0 aliphatic carbocycles. The van der Waals surface area contributed by atoms with Crippen molar-refractivity contribution in [2.75, 3.05) is 6.54 Å². The smallest absolute Gasteiger partial charge is 0.0503 e. The number of hydrogen-bond donors (Lipinski definition) is 0. The Hall–Kier alpha value is -1.28. The van der Waals surface area contributed by atoms with Crippen molar-refractivity contribution in [2.45, 2.75) is 51.1 Å². The first-order valence-electron chi connectivity index (χ1n) is 9.75. The van der Waals surface area contributed by atoms with E-state index < -0.39 is 0 Å². The molecule has 0 spiro atoms. The third kappa shape index (κ3) is 4.11. The molecule has 3 rings (SSSR count). The van der Waals surface area contributed by atoms with Crippen molar-refractivity contribution >= 4 is 23.2 Å². The van der Waals surface area contributed by atoms with Gasteiger partial charge in [0.15, 0.2) is 0 Å². The fraction of sp³-hybridized carbons (Fsp3) is 0.417. The molecule has 144 valence electrons. The molecule has 3 atom stereocenters. The largest absolute Gasteiger partial charge is 0.291 e. The van der Waals surface area contributed by atoms with Crippen LogP contribution in [0.3, 0.4) is 0 Å². The highest BCUT2D eigenvalue weighted by molar-refractivity contribution is 6.30. The zero-order chi connectivity index (χ0) is 19.6. The summed E-state index contributed by atoms with van der Waals surface area (Å²) in [6.45, 7) is 12.0. The van der Waals surface area contributed by atoms with Crippen molar-refractivity contribution < 1.29 is 0 Å². The number of benzene rings is 2. The molecule has 3 heteroatoms. The summed E-state index contributed by atoms with van der Waals surface area (Å²) in [5.74, 6) is 0.938. The molecular formula is C24H29Cl2N. The van der Waals surface area contributed by atoms with Gasteiger partial charge in [-0.25, -0.2) is 0 Å². The van der Waals surface area contributed by atoms with Gasteiger partial charge in [-0.2, -0.15) is 0 Å². The molecule has 0 radical (unpaired) electrons. The summed E-state index contributed by atoms with van der Waals surface area (Å²) in [4.78, 5) is 2.65.